The quantitative estimate of drug-likeness (QED) is 0.377. The van der Waals surface area contributed by atoms with Crippen LogP contribution in [0.2, 0.25) is 0 Å². The lowest BCUT2D eigenvalue weighted by Gasteiger charge is -2.12. The molecule has 3 N–H and O–H groups in total. The number of aromatic amines is 1. The van der Waals surface area contributed by atoms with Crippen LogP contribution in [0, 0.1) is 5.92 Å². The molecule has 1 aromatic heterocycles. The van der Waals surface area contributed by atoms with Gasteiger partial charge in [0.25, 0.3) is 0 Å². The number of benzene rings is 1. The molecule has 0 saturated heterocycles. The fourth-order valence-electron chi connectivity index (χ4n) is 3.53. The normalized spacial score (nSPS) is 15.1. The SMILES string of the molecule is CN=C(NCCCC1CCCC1)NCc1nc(-c2ccc(OC)cc2)n[nH]1. The molecule has 27 heavy (non-hydrogen) atoms. The summed E-state index contributed by atoms with van der Waals surface area (Å²) < 4.78 is 5.18. The molecule has 3 rings (SSSR count). The molecule has 0 atom stereocenters. The van der Waals surface area contributed by atoms with Gasteiger partial charge in [0.05, 0.1) is 13.7 Å². The second kappa shape index (κ2) is 9.94. The number of guanidine groups is 1. The van der Waals surface area contributed by atoms with Crippen molar-refractivity contribution in [2.45, 2.75) is 45.1 Å². The van der Waals surface area contributed by atoms with E-state index in [0.717, 1.165) is 35.6 Å². The van der Waals surface area contributed by atoms with Crippen LogP contribution in [0.25, 0.3) is 11.4 Å². The fraction of sp³-hybridized carbons (Fsp3) is 0.550. The molecule has 1 aliphatic carbocycles. The predicted octanol–water partition coefficient (Wildman–Crippen LogP) is 3.12. The third-order valence-electron chi connectivity index (χ3n) is 5.08. The van der Waals surface area contributed by atoms with Gasteiger partial charge in [0.15, 0.2) is 11.8 Å². The first-order valence-electron chi connectivity index (χ1n) is 9.78. The highest BCUT2D eigenvalue weighted by molar-refractivity contribution is 5.79. The molecule has 0 bridgehead atoms. The highest BCUT2D eigenvalue weighted by atomic mass is 16.5. The molecular formula is C20H30N6O. The smallest absolute Gasteiger partial charge is 0.191 e. The van der Waals surface area contributed by atoms with Gasteiger partial charge in [-0.2, -0.15) is 5.10 Å². The lowest BCUT2D eigenvalue weighted by Crippen LogP contribution is -2.37. The molecule has 1 fully saturated rings. The number of rotatable bonds is 8. The van der Waals surface area contributed by atoms with Crippen LogP contribution in [0.3, 0.4) is 0 Å². The van der Waals surface area contributed by atoms with Crippen LogP contribution in [0.4, 0.5) is 0 Å². The van der Waals surface area contributed by atoms with E-state index < -0.39 is 0 Å². The van der Waals surface area contributed by atoms with Gasteiger partial charge in [-0.3, -0.25) is 10.1 Å². The largest absolute Gasteiger partial charge is 0.497 e. The molecule has 1 heterocycles. The van der Waals surface area contributed by atoms with Gasteiger partial charge < -0.3 is 15.4 Å². The van der Waals surface area contributed by atoms with Gasteiger partial charge in [-0.15, -0.1) is 0 Å². The maximum absolute atomic E-state index is 5.18. The van der Waals surface area contributed by atoms with Gasteiger partial charge in [-0.1, -0.05) is 25.7 Å². The van der Waals surface area contributed by atoms with Crippen LogP contribution < -0.4 is 15.4 Å². The van der Waals surface area contributed by atoms with E-state index in [2.05, 4.69) is 30.8 Å². The monoisotopic (exact) mass is 370 g/mol. The molecule has 0 radical (unpaired) electrons. The van der Waals surface area contributed by atoms with Crippen LogP contribution in [0.1, 0.15) is 44.3 Å². The average molecular weight is 371 g/mol. The van der Waals surface area contributed by atoms with Crippen molar-refractivity contribution in [3.8, 4) is 17.1 Å². The van der Waals surface area contributed by atoms with Crippen molar-refractivity contribution >= 4 is 5.96 Å². The molecule has 0 aliphatic heterocycles. The Morgan fingerprint density at radius 2 is 2.00 bits per heavy atom. The molecular weight excluding hydrogens is 340 g/mol. The Morgan fingerprint density at radius 3 is 2.70 bits per heavy atom. The molecule has 0 spiro atoms. The van der Waals surface area contributed by atoms with E-state index in [-0.39, 0.29) is 0 Å². The van der Waals surface area contributed by atoms with E-state index >= 15 is 0 Å². The summed E-state index contributed by atoms with van der Waals surface area (Å²) in [4.78, 5) is 8.81. The third kappa shape index (κ3) is 5.70. The minimum absolute atomic E-state index is 0.547. The van der Waals surface area contributed by atoms with E-state index in [1.807, 2.05) is 24.3 Å². The maximum Gasteiger partial charge on any atom is 0.191 e. The summed E-state index contributed by atoms with van der Waals surface area (Å²) in [6, 6.07) is 7.70. The van der Waals surface area contributed by atoms with Crippen LogP contribution >= 0.6 is 0 Å². The first kappa shape index (κ1) is 19.2. The lowest BCUT2D eigenvalue weighted by molar-refractivity contribution is 0.415. The molecule has 1 aromatic carbocycles. The summed E-state index contributed by atoms with van der Waals surface area (Å²) >= 11 is 0. The van der Waals surface area contributed by atoms with E-state index in [4.69, 9.17) is 4.74 Å². The first-order chi connectivity index (χ1) is 13.3. The van der Waals surface area contributed by atoms with Crippen molar-refractivity contribution < 1.29 is 4.74 Å². The Kier molecular flexibility index (Phi) is 7.07. The topological polar surface area (TPSA) is 87.2 Å². The number of hydrogen-bond acceptors (Lipinski definition) is 4. The Morgan fingerprint density at radius 1 is 1.22 bits per heavy atom. The highest BCUT2D eigenvalue weighted by Gasteiger charge is 2.14. The van der Waals surface area contributed by atoms with Crippen LogP contribution in [-0.2, 0) is 6.54 Å². The Labute approximate surface area is 161 Å². The van der Waals surface area contributed by atoms with Crippen molar-refractivity contribution in [3.63, 3.8) is 0 Å². The molecule has 1 saturated carbocycles. The van der Waals surface area contributed by atoms with Crippen molar-refractivity contribution in [1.29, 1.82) is 0 Å². The van der Waals surface area contributed by atoms with Gasteiger partial charge in [0, 0.05) is 19.2 Å². The molecule has 0 unspecified atom stereocenters. The number of H-pyrrole nitrogens is 1. The summed E-state index contributed by atoms with van der Waals surface area (Å²) in [5, 5.41) is 13.9. The summed E-state index contributed by atoms with van der Waals surface area (Å²) in [6.07, 6.45) is 8.16. The molecule has 2 aromatic rings. The zero-order valence-electron chi connectivity index (χ0n) is 16.3. The number of methoxy groups -OCH3 is 1. The number of hydrogen-bond donors (Lipinski definition) is 3. The Balaban J connectivity index is 1.42. The number of aliphatic imine (C=N–C) groups is 1. The van der Waals surface area contributed by atoms with Gasteiger partial charge >= 0.3 is 0 Å². The summed E-state index contributed by atoms with van der Waals surface area (Å²) in [5.41, 5.74) is 0.952. The summed E-state index contributed by atoms with van der Waals surface area (Å²) in [7, 11) is 3.44. The van der Waals surface area contributed by atoms with Crippen LogP contribution in [0.15, 0.2) is 29.3 Å². The van der Waals surface area contributed by atoms with Crippen molar-refractivity contribution in [3.05, 3.63) is 30.1 Å². The number of aromatic nitrogens is 3. The maximum atomic E-state index is 5.18. The molecule has 146 valence electrons. The van der Waals surface area contributed by atoms with Crippen molar-refractivity contribution in [2.24, 2.45) is 10.9 Å². The molecule has 1 aliphatic rings. The molecule has 7 heteroatoms. The van der Waals surface area contributed by atoms with Crippen molar-refractivity contribution in [1.82, 2.24) is 25.8 Å². The van der Waals surface area contributed by atoms with Gasteiger partial charge in [-0.05, 0) is 43.0 Å². The number of nitrogens with zero attached hydrogens (tertiary/aromatic N) is 3. The molecule has 7 nitrogen and oxygen atoms in total. The second-order valence-electron chi connectivity index (χ2n) is 6.98. The molecule has 0 amide bonds. The minimum Gasteiger partial charge on any atom is -0.497 e. The van der Waals surface area contributed by atoms with E-state index in [0.29, 0.717) is 12.4 Å². The minimum atomic E-state index is 0.547. The summed E-state index contributed by atoms with van der Waals surface area (Å²) in [5.74, 6) is 4.00. The predicted molar refractivity (Wildman–Crippen MR) is 108 cm³/mol. The Hall–Kier alpha value is -2.57. The zero-order valence-corrected chi connectivity index (χ0v) is 16.3. The number of nitrogens with one attached hydrogen (secondary N) is 3. The van der Waals surface area contributed by atoms with Gasteiger partial charge in [0.1, 0.15) is 11.6 Å². The van der Waals surface area contributed by atoms with Gasteiger partial charge in [-0.25, -0.2) is 4.98 Å². The zero-order chi connectivity index (χ0) is 18.9. The third-order valence-corrected chi connectivity index (χ3v) is 5.08. The fourth-order valence-corrected chi connectivity index (χ4v) is 3.53. The number of ether oxygens (including phenoxy) is 1. The average Bonchev–Trinajstić information content (AvgIpc) is 3.39. The lowest BCUT2D eigenvalue weighted by atomic mass is 10.0. The van der Waals surface area contributed by atoms with Crippen LogP contribution in [-0.4, -0.2) is 41.8 Å². The Bertz CT molecular complexity index is 718. The van der Waals surface area contributed by atoms with E-state index in [1.165, 1.54) is 38.5 Å². The van der Waals surface area contributed by atoms with E-state index in [9.17, 15) is 0 Å². The highest BCUT2D eigenvalue weighted by Crippen LogP contribution is 2.28. The van der Waals surface area contributed by atoms with E-state index in [1.54, 1.807) is 14.2 Å². The van der Waals surface area contributed by atoms with Crippen molar-refractivity contribution in [2.75, 3.05) is 20.7 Å². The second-order valence-corrected chi connectivity index (χ2v) is 6.98. The van der Waals surface area contributed by atoms with Crippen LogP contribution in [0.5, 0.6) is 5.75 Å². The standard InChI is InChI=1S/C20H30N6O/c1-21-20(22-13-5-8-15-6-3-4-7-15)23-14-18-24-19(26-25-18)16-9-11-17(27-2)12-10-16/h9-12,15H,3-8,13-14H2,1-2H3,(H2,21,22,23)(H,24,25,26). The van der Waals surface area contributed by atoms with Gasteiger partial charge in [0.2, 0.25) is 0 Å². The summed E-state index contributed by atoms with van der Waals surface area (Å²) in [6.45, 7) is 1.50. The first-order valence-corrected chi connectivity index (χ1v) is 9.78.